The number of nitro groups is 1. The minimum Gasteiger partial charge on any atom is -0.411 e. The van der Waals surface area contributed by atoms with Crippen LogP contribution in [0.5, 0.6) is 0 Å². The fraction of sp³-hybridized carbons (Fsp3) is 0.400. The monoisotopic (exact) mass is 300 g/mol. The molecule has 0 amide bonds. The number of aromatic nitrogens is 1. The topological polar surface area (TPSA) is 126 Å². The average Bonchev–Trinajstić information content (AvgIpc) is 2.47. The van der Waals surface area contributed by atoms with E-state index in [4.69, 9.17) is 5.21 Å². The number of sulfonamides is 1. The van der Waals surface area contributed by atoms with Crippen LogP contribution in [-0.4, -0.2) is 46.6 Å². The van der Waals surface area contributed by atoms with Crippen LogP contribution in [0.3, 0.4) is 0 Å². The maximum atomic E-state index is 12.3. The Hall–Kier alpha value is -2.07. The SMILES string of the molecule is O=[N+]([O-])c1ccc(S(=O)(=O)N2CCC(=NO)CC2)cn1. The van der Waals surface area contributed by atoms with Crippen LogP contribution in [0.2, 0.25) is 0 Å². The van der Waals surface area contributed by atoms with Gasteiger partial charge in [-0.3, -0.25) is 0 Å². The molecule has 2 heterocycles. The van der Waals surface area contributed by atoms with E-state index in [1.54, 1.807) is 0 Å². The predicted molar refractivity (Wildman–Crippen MR) is 68.1 cm³/mol. The molecule has 1 aromatic rings. The van der Waals surface area contributed by atoms with Gasteiger partial charge in [0.15, 0.2) is 6.20 Å². The molecular formula is C10H12N4O5S. The van der Waals surface area contributed by atoms with Gasteiger partial charge in [-0.1, -0.05) is 5.16 Å². The Morgan fingerprint density at radius 3 is 2.45 bits per heavy atom. The van der Waals surface area contributed by atoms with Crippen LogP contribution in [0.15, 0.2) is 28.4 Å². The number of hydrogen-bond donors (Lipinski definition) is 1. The molecule has 2 rings (SSSR count). The summed E-state index contributed by atoms with van der Waals surface area (Å²) >= 11 is 0. The minimum absolute atomic E-state index is 0.0903. The van der Waals surface area contributed by atoms with E-state index < -0.39 is 20.8 Å². The maximum absolute atomic E-state index is 12.3. The number of nitrogens with zero attached hydrogens (tertiary/aromatic N) is 4. The lowest BCUT2D eigenvalue weighted by Crippen LogP contribution is -2.38. The summed E-state index contributed by atoms with van der Waals surface area (Å²) < 4.78 is 25.8. The van der Waals surface area contributed by atoms with Gasteiger partial charge in [0, 0.05) is 32.0 Å². The number of rotatable bonds is 3. The summed E-state index contributed by atoms with van der Waals surface area (Å²) in [6.07, 6.45) is 1.69. The lowest BCUT2D eigenvalue weighted by atomic mass is 10.1. The zero-order chi connectivity index (χ0) is 14.8. The van der Waals surface area contributed by atoms with E-state index in [0.717, 1.165) is 18.3 Å². The Kier molecular flexibility index (Phi) is 3.95. The van der Waals surface area contributed by atoms with Crippen molar-refractivity contribution in [2.45, 2.75) is 17.7 Å². The van der Waals surface area contributed by atoms with Gasteiger partial charge >= 0.3 is 5.82 Å². The Morgan fingerprint density at radius 2 is 2.00 bits per heavy atom. The first-order valence-corrected chi connectivity index (χ1v) is 7.19. The molecule has 1 fully saturated rings. The summed E-state index contributed by atoms with van der Waals surface area (Å²) in [6, 6.07) is 2.22. The van der Waals surface area contributed by atoms with E-state index in [0.29, 0.717) is 18.6 Å². The van der Waals surface area contributed by atoms with Crippen molar-refractivity contribution >= 4 is 21.6 Å². The highest BCUT2D eigenvalue weighted by Crippen LogP contribution is 2.20. The molecule has 1 saturated heterocycles. The Balaban J connectivity index is 2.20. The summed E-state index contributed by atoms with van der Waals surface area (Å²) in [4.78, 5) is 13.2. The molecular weight excluding hydrogens is 288 g/mol. The van der Waals surface area contributed by atoms with Crippen molar-refractivity contribution in [3.05, 3.63) is 28.4 Å². The van der Waals surface area contributed by atoms with Gasteiger partial charge < -0.3 is 15.3 Å². The molecule has 0 aromatic carbocycles. The first-order valence-electron chi connectivity index (χ1n) is 5.75. The second kappa shape index (κ2) is 5.51. The van der Waals surface area contributed by atoms with Crippen molar-refractivity contribution in [1.29, 1.82) is 0 Å². The molecule has 1 aromatic heterocycles. The smallest absolute Gasteiger partial charge is 0.363 e. The summed E-state index contributed by atoms with van der Waals surface area (Å²) in [5.74, 6) is -0.405. The fourth-order valence-corrected chi connectivity index (χ4v) is 3.25. The molecule has 0 spiro atoms. The van der Waals surface area contributed by atoms with Crippen LogP contribution in [-0.2, 0) is 10.0 Å². The highest BCUT2D eigenvalue weighted by atomic mass is 32.2. The second-order valence-corrected chi connectivity index (χ2v) is 6.12. The molecule has 0 unspecified atom stereocenters. The van der Waals surface area contributed by atoms with E-state index in [-0.39, 0.29) is 18.0 Å². The quantitative estimate of drug-likeness (QED) is 0.495. The lowest BCUT2D eigenvalue weighted by molar-refractivity contribution is -0.389. The summed E-state index contributed by atoms with van der Waals surface area (Å²) in [7, 11) is -3.72. The van der Waals surface area contributed by atoms with Crippen molar-refractivity contribution in [2.75, 3.05) is 13.1 Å². The van der Waals surface area contributed by atoms with Gasteiger partial charge in [0.05, 0.1) is 5.71 Å². The highest BCUT2D eigenvalue weighted by Gasteiger charge is 2.29. The van der Waals surface area contributed by atoms with Crippen molar-refractivity contribution in [3.63, 3.8) is 0 Å². The zero-order valence-corrected chi connectivity index (χ0v) is 11.2. The van der Waals surface area contributed by atoms with Crippen molar-refractivity contribution in [3.8, 4) is 0 Å². The predicted octanol–water partition coefficient (Wildman–Crippen LogP) is 0.605. The van der Waals surface area contributed by atoms with Crippen molar-refractivity contribution in [2.24, 2.45) is 5.16 Å². The van der Waals surface area contributed by atoms with Crippen LogP contribution in [0.1, 0.15) is 12.8 Å². The largest absolute Gasteiger partial charge is 0.411 e. The van der Waals surface area contributed by atoms with E-state index in [1.165, 1.54) is 4.31 Å². The molecule has 1 aliphatic heterocycles. The van der Waals surface area contributed by atoms with Gasteiger partial charge in [0.2, 0.25) is 10.0 Å². The molecule has 10 heteroatoms. The minimum atomic E-state index is -3.72. The van der Waals surface area contributed by atoms with Gasteiger partial charge in [-0.2, -0.15) is 4.31 Å². The third-order valence-electron chi connectivity index (χ3n) is 2.99. The standard InChI is InChI=1S/C10H12N4O5S/c15-12-8-3-5-13(6-4-8)20(18,19)9-1-2-10(11-7-9)14(16)17/h1-2,7,15H,3-6H2. The molecule has 108 valence electrons. The maximum Gasteiger partial charge on any atom is 0.363 e. The first kappa shape index (κ1) is 14.3. The van der Waals surface area contributed by atoms with E-state index >= 15 is 0 Å². The van der Waals surface area contributed by atoms with Crippen molar-refractivity contribution < 1.29 is 18.5 Å². The molecule has 1 aliphatic rings. The van der Waals surface area contributed by atoms with Crippen LogP contribution < -0.4 is 0 Å². The van der Waals surface area contributed by atoms with Crippen LogP contribution in [0.4, 0.5) is 5.82 Å². The molecule has 0 aliphatic carbocycles. The Morgan fingerprint density at radius 1 is 1.35 bits per heavy atom. The van der Waals surface area contributed by atoms with Crippen LogP contribution in [0, 0.1) is 10.1 Å². The third-order valence-corrected chi connectivity index (χ3v) is 4.87. The normalized spacial score (nSPS) is 16.9. The van der Waals surface area contributed by atoms with Gasteiger partial charge in [-0.25, -0.2) is 8.42 Å². The van der Waals surface area contributed by atoms with Crippen LogP contribution in [0.25, 0.3) is 0 Å². The first-order chi connectivity index (χ1) is 9.45. The summed E-state index contributed by atoms with van der Waals surface area (Å²) in [5.41, 5.74) is 0.554. The highest BCUT2D eigenvalue weighted by molar-refractivity contribution is 7.89. The second-order valence-electron chi connectivity index (χ2n) is 4.18. The van der Waals surface area contributed by atoms with Crippen LogP contribution >= 0.6 is 0 Å². The molecule has 0 atom stereocenters. The van der Waals surface area contributed by atoms with Gasteiger partial charge in [0.25, 0.3) is 0 Å². The average molecular weight is 300 g/mol. The number of piperidine rings is 1. The zero-order valence-electron chi connectivity index (χ0n) is 10.3. The van der Waals surface area contributed by atoms with E-state index in [2.05, 4.69) is 10.1 Å². The van der Waals surface area contributed by atoms with E-state index in [9.17, 15) is 18.5 Å². The lowest BCUT2D eigenvalue weighted by Gasteiger charge is -2.25. The Labute approximate surface area is 114 Å². The molecule has 20 heavy (non-hydrogen) atoms. The number of hydrogen-bond acceptors (Lipinski definition) is 7. The third kappa shape index (κ3) is 2.75. The Bertz CT molecular complexity index is 630. The van der Waals surface area contributed by atoms with Gasteiger partial charge in [-0.15, -0.1) is 0 Å². The summed E-state index contributed by atoms with van der Waals surface area (Å²) in [6.45, 7) is 0.414. The number of oxime groups is 1. The molecule has 0 saturated carbocycles. The molecule has 1 N–H and O–H groups in total. The van der Waals surface area contributed by atoms with Gasteiger partial charge in [0.1, 0.15) is 4.90 Å². The molecule has 9 nitrogen and oxygen atoms in total. The van der Waals surface area contributed by atoms with Crippen molar-refractivity contribution in [1.82, 2.24) is 9.29 Å². The van der Waals surface area contributed by atoms with Gasteiger partial charge in [-0.05, 0) is 16.0 Å². The fourth-order valence-electron chi connectivity index (χ4n) is 1.87. The summed E-state index contributed by atoms with van der Waals surface area (Å²) in [5, 5.41) is 22.2. The molecule has 0 bridgehead atoms. The number of pyridine rings is 1. The van der Waals surface area contributed by atoms with E-state index in [1.807, 2.05) is 0 Å². The molecule has 0 radical (unpaired) electrons.